The molecule has 1 aliphatic heterocycles. The minimum Gasteiger partial charge on any atom is -0.369 e. The molecule has 2 N–H and O–H groups in total. The highest BCUT2D eigenvalue weighted by molar-refractivity contribution is 5.48. The molecule has 2 rings (SSSR count). The van der Waals surface area contributed by atoms with Gasteiger partial charge < -0.3 is 9.74 Å². The van der Waals surface area contributed by atoms with Gasteiger partial charge in [0.25, 0.3) is 0 Å². The van der Waals surface area contributed by atoms with E-state index in [-0.39, 0.29) is 0 Å². The van der Waals surface area contributed by atoms with Crippen molar-refractivity contribution < 1.29 is 4.84 Å². The number of nitrogens with two attached hydrogens (primary N) is 1. The summed E-state index contributed by atoms with van der Waals surface area (Å²) >= 11 is 0. The van der Waals surface area contributed by atoms with Crippen LogP contribution in [0.1, 0.15) is 5.56 Å². The van der Waals surface area contributed by atoms with E-state index in [2.05, 4.69) is 45.8 Å². The Balaban J connectivity index is 1.86. The lowest BCUT2D eigenvalue weighted by Gasteiger charge is -2.36. The Kier molecular flexibility index (Phi) is 4.36. The molecule has 0 aromatic heterocycles. The standard InChI is InChI=1S/C13H21N3O/c1-12-3-2-4-13(11-12)16-7-5-15(6-8-16)9-10-17-14/h2-4,11H,5-10,14H2,1H3. The van der Waals surface area contributed by atoms with Crippen molar-refractivity contribution in [3.05, 3.63) is 29.8 Å². The molecular formula is C13H21N3O. The van der Waals surface area contributed by atoms with E-state index >= 15 is 0 Å². The van der Waals surface area contributed by atoms with Crippen LogP contribution in [0.2, 0.25) is 0 Å². The maximum absolute atomic E-state index is 5.04. The van der Waals surface area contributed by atoms with Crippen LogP contribution in [0.5, 0.6) is 0 Å². The SMILES string of the molecule is Cc1cccc(N2CCN(CCON)CC2)c1. The second-order valence-corrected chi connectivity index (χ2v) is 4.54. The molecule has 0 saturated carbocycles. The summed E-state index contributed by atoms with van der Waals surface area (Å²) in [5, 5.41) is 0. The van der Waals surface area contributed by atoms with Crippen LogP contribution in [-0.2, 0) is 4.84 Å². The largest absolute Gasteiger partial charge is 0.369 e. The van der Waals surface area contributed by atoms with Gasteiger partial charge >= 0.3 is 0 Å². The second-order valence-electron chi connectivity index (χ2n) is 4.54. The third-order valence-corrected chi connectivity index (χ3v) is 3.26. The molecule has 1 aromatic rings. The van der Waals surface area contributed by atoms with Gasteiger partial charge in [0.15, 0.2) is 0 Å². The number of aryl methyl sites for hydroxylation is 1. The fraction of sp³-hybridized carbons (Fsp3) is 0.538. The van der Waals surface area contributed by atoms with Crippen molar-refractivity contribution >= 4 is 5.69 Å². The van der Waals surface area contributed by atoms with E-state index in [0.717, 1.165) is 32.7 Å². The Morgan fingerprint density at radius 2 is 2.00 bits per heavy atom. The third kappa shape index (κ3) is 3.43. The Morgan fingerprint density at radius 1 is 1.24 bits per heavy atom. The molecule has 1 aliphatic rings. The van der Waals surface area contributed by atoms with Crippen LogP contribution in [0.15, 0.2) is 24.3 Å². The second kappa shape index (κ2) is 6.00. The summed E-state index contributed by atoms with van der Waals surface area (Å²) < 4.78 is 0. The zero-order chi connectivity index (χ0) is 12.1. The lowest BCUT2D eigenvalue weighted by atomic mass is 10.2. The predicted octanol–water partition coefficient (Wildman–Crippen LogP) is 1.01. The lowest BCUT2D eigenvalue weighted by molar-refractivity contribution is 0.103. The quantitative estimate of drug-likeness (QED) is 0.791. The molecule has 0 radical (unpaired) electrons. The van der Waals surface area contributed by atoms with Crippen molar-refractivity contribution in [1.82, 2.24) is 4.90 Å². The van der Waals surface area contributed by atoms with Crippen LogP contribution in [-0.4, -0.2) is 44.2 Å². The highest BCUT2D eigenvalue weighted by Crippen LogP contribution is 2.17. The molecule has 17 heavy (non-hydrogen) atoms. The summed E-state index contributed by atoms with van der Waals surface area (Å²) in [4.78, 5) is 9.44. The molecule has 0 spiro atoms. The number of hydrogen-bond acceptors (Lipinski definition) is 4. The maximum atomic E-state index is 5.04. The fourth-order valence-corrected chi connectivity index (χ4v) is 2.24. The van der Waals surface area contributed by atoms with E-state index in [4.69, 9.17) is 5.90 Å². The minimum atomic E-state index is 0.616. The molecule has 94 valence electrons. The van der Waals surface area contributed by atoms with Crippen molar-refractivity contribution in [3.63, 3.8) is 0 Å². The van der Waals surface area contributed by atoms with E-state index in [1.54, 1.807) is 0 Å². The normalized spacial score (nSPS) is 17.4. The van der Waals surface area contributed by atoms with Crippen molar-refractivity contribution in [2.45, 2.75) is 6.92 Å². The summed E-state index contributed by atoms with van der Waals surface area (Å²) in [5.41, 5.74) is 2.65. The minimum absolute atomic E-state index is 0.616. The number of benzene rings is 1. The Morgan fingerprint density at radius 3 is 2.65 bits per heavy atom. The van der Waals surface area contributed by atoms with Crippen LogP contribution >= 0.6 is 0 Å². The number of piperazine rings is 1. The Labute approximate surface area is 103 Å². The fourth-order valence-electron chi connectivity index (χ4n) is 2.24. The molecule has 1 aromatic carbocycles. The lowest BCUT2D eigenvalue weighted by Crippen LogP contribution is -2.47. The predicted molar refractivity (Wildman–Crippen MR) is 70.0 cm³/mol. The highest BCUT2D eigenvalue weighted by Gasteiger charge is 2.16. The van der Waals surface area contributed by atoms with Gasteiger partial charge in [0.2, 0.25) is 0 Å². The van der Waals surface area contributed by atoms with Gasteiger partial charge in [-0.05, 0) is 24.6 Å². The van der Waals surface area contributed by atoms with Crippen LogP contribution < -0.4 is 10.8 Å². The van der Waals surface area contributed by atoms with Gasteiger partial charge in [0.1, 0.15) is 0 Å². The van der Waals surface area contributed by atoms with Gasteiger partial charge in [-0.25, -0.2) is 5.90 Å². The van der Waals surface area contributed by atoms with Gasteiger partial charge in [-0.1, -0.05) is 12.1 Å². The zero-order valence-electron chi connectivity index (χ0n) is 10.4. The monoisotopic (exact) mass is 235 g/mol. The van der Waals surface area contributed by atoms with Crippen molar-refractivity contribution in [3.8, 4) is 0 Å². The summed E-state index contributed by atoms with van der Waals surface area (Å²) in [6, 6.07) is 8.70. The molecular weight excluding hydrogens is 214 g/mol. The first-order valence-electron chi connectivity index (χ1n) is 6.15. The molecule has 1 saturated heterocycles. The van der Waals surface area contributed by atoms with Crippen LogP contribution in [0.3, 0.4) is 0 Å². The van der Waals surface area contributed by atoms with E-state index in [9.17, 15) is 0 Å². The van der Waals surface area contributed by atoms with Gasteiger partial charge in [-0.3, -0.25) is 4.90 Å². The molecule has 0 unspecified atom stereocenters. The Bertz CT molecular complexity index is 348. The summed E-state index contributed by atoms with van der Waals surface area (Å²) in [7, 11) is 0. The highest BCUT2D eigenvalue weighted by atomic mass is 16.6. The Hall–Kier alpha value is -1.10. The van der Waals surface area contributed by atoms with Crippen LogP contribution in [0.25, 0.3) is 0 Å². The summed E-state index contributed by atoms with van der Waals surface area (Å²) in [5.74, 6) is 5.04. The van der Waals surface area contributed by atoms with Gasteiger partial charge in [0.05, 0.1) is 6.61 Å². The van der Waals surface area contributed by atoms with Gasteiger partial charge in [0, 0.05) is 38.4 Å². The maximum Gasteiger partial charge on any atom is 0.0806 e. The van der Waals surface area contributed by atoms with Gasteiger partial charge in [-0.15, -0.1) is 0 Å². The van der Waals surface area contributed by atoms with E-state index in [0.29, 0.717) is 6.61 Å². The average Bonchev–Trinajstić information content (AvgIpc) is 2.37. The topological polar surface area (TPSA) is 41.7 Å². The summed E-state index contributed by atoms with van der Waals surface area (Å²) in [6.07, 6.45) is 0. The van der Waals surface area contributed by atoms with E-state index in [1.165, 1.54) is 11.3 Å². The number of nitrogens with zero attached hydrogens (tertiary/aromatic N) is 2. The first-order valence-corrected chi connectivity index (χ1v) is 6.15. The van der Waals surface area contributed by atoms with Gasteiger partial charge in [-0.2, -0.15) is 0 Å². The molecule has 0 aliphatic carbocycles. The van der Waals surface area contributed by atoms with Crippen molar-refractivity contribution in [2.75, 3.05) is 44.2 Å². The summed E-state index contributed by atoms with van der Waals surface area (Å²) in [6.45, 7) is 8.00. The van der Waals surface area contributed by atoms with Crippen molar-refractivity contribution in [2.24, 2.45) is 5.90 Å². The molecule has 1 fully saturated rings. The van der Waals surface area contributed by atoms with Crippen LogP contribution in [0, 0.1) is 6.92 Å². The molecule has 0 atom stereocenters. The van der Waals surface area contributed by atoms with E-state index < -0.39 is 0 Å². The molecule has 4 heteroatoms. The first kappa shape index (κ1) is 12.4. The molecule has 1 heterocycles. The zero-order valence-corrected chi connectivity index (χ0v) is 10.4. The van der Waals surface area contributed by atoms with E-state index in [1.807, 2.05) is 0 Å². The molecule has 0 bridgehead atoms. The van der Waals surface area contributed by atoms with Crippen LogP contribution in [0.4, 0.5) is 5.69 Å². The molecule has 4 nitrogen and oxygen atoms in total. The molecule has 0 amide bonds. The number of rotatable bonds is 4. The third-order valence-electron chi connectivity index (χ3n) is 3.26. The number of hydrogen-bond donors (Lipinski definition) is 1. The first-order chi connectivity index (χ1) is 8.29. The average molecular weight is 235 g/mol. The smallest absolute Gasteiger partial charge is 0.0806 e. The number of anilines is 1. The van der Waals surface area contributed by atoms with Crippen molar-refractivity contribution in [1.29, 1.82) is 0 Å².